The fourth-order valence-corrected chi connectivity index (χ4v) is 2.63. The van der Waals surface area contributed by atoms with Gasteiger partial charge in [0.15, 0.2) is 0 Å². The Balaban J connectivity index is 2.17. The summed E-state index contributed by atoms with van der Waals surface area (Å²) in [6.07, 6.45) is 3.58. The van der Waals surface area contributed by atoms with Crippen molar-refractivity contribution in [2.75, 3.05) is 0 Å². The second-order valence-corrected chi connectivity index (χ2v) is 4.65. The number of aromatic amines is 1. The van der Waals surface area contributed by atoms with E-state index in [0.717, 1.165) is 21.5 Å². The molecule has 0 aliphatic carbocycles. The Labute approximate surface area is 101 Å². The lowest BCUT2D eigenvalue weighted by molar-refractivity contribution is 0.0702. The Morgan fingerprint density at radius 3 is 3.00 bits per heavy atom. The average Bonchev–Trinajstić information content (AvgIpc) is 2.95. The normalized spacial score (nSPS) is 10.8. The van der Waals surface area contributed by atoms with E-state index < -0.39 is 5.97 Å². The van der Waals surface area contributed by atoms with Crippen molar-refractivity contribution < 1.29 is 9.90 Å². The van der Waals surface area contributed by atoms with Gasteiger partial charge >= 0.3 is 5.97 Å². The molecule has 3 rings (SSSR count). The molecule has 3 heterocycles. The summed E-state index contributed by atoms with van der Waals surface area (Å²) in [6, 6.07) is 7.28. The summed E-state index contributed by atoms with van der Waals surface area (Å²) in [5.41, 5.74) is 1.80. The van der Waals surface area contributed by atoms with Crippen LogP contribution >= 0.6 is 11.3 Å². The van der Waals surface area contributed by atoms with E-state index in [1.165, 1.54) is 11.3 Å². The average molecular weight is 244 g/mol. The first-order chi connectivity index (χ1) is 8.25. The van der Waals surface area contributed by atoms with Crippen LogP contribution in [-0.4, -0.2) is 21.0 Å². The number of hydrogen-bond acceptors (Lipinski definition) is 3. The largest absolute Gasteiger partial charge is 0.477 e. The van der Waals surface area contributed by atoms with Gasteiger partial charge in [-0.1, -0.05) is 0 Å². The predicted octanol–water partition coefficient (Wildman–Crippen LogP) is 2.99. The molecule has 0 aliphatic rings. The summed E-state index contributed by atoms with van der Waals surface area (Å²) in [7, 11) is 0. The molecule has 2 N–H and O–H groups in total. The zero-order valence-corrected chi connectivity index (χ0v) is 9.49. The van der Waals surface area contributed by atoms with E-state index >= 15 is 0 Å². The van der Waals surface area contributed by atoms with E-state index in [4.69, 9.17) is 5.11 Å². The SMILES string of the molecule is O=C(O)c1ccc(-c2c[nH]c3ncccc23)s1. The van der Waals surface area contributed by atoms with Gasteiger partial charge in [0.1, 0.15) is 10.5 Å². The minimum atomic E-state index is -0.890. The third-order valence-corrected chi connectivity index (χ3v) is 3.64. The van der Waals surface area contributed by atoms with Crippen LogP contribution in [0.4, 0.5) is 0 Å². The molecule has 0 saturated heterocycles. The van der Waals surface area contributed by atoms with Crippen LogP contribution in [0.2, 0.25) is 0 Å². The van der Waals surface area contributed by atoms with Gasteiger partial charge in [0, 0.05) is 28.2 Å². The minimum absolute atomic E-state index is 0.346. The summed E-state index contributed by atoms with van der Waals surface area (Å²) in [6.45, 7) is 0. The Morgan fingerprint density at radius 2 is 2.24 bits per heavy atom. The summed E-state index contributed by atoms with van der Waals surface area (Å²) in [4.78, 5) is 19.4. The monoisotopic (exact) mass is 244 g/mol. The molecular weight excluding hydrogens is 236 g/mol. The maximum absolute atomic E-state index is 10.8. The van der Waals surface area contributed by atoms with Crippen molar-refractivity contribution in [3.63, 3.8) is 0 Å². The lowest BCUT2D eigenvalue weighted by Gasteiger charge is -1.93. The third-order valence-electron chi connectivity index (χ3n) is 2.53. The molecule has 17 heavy (non-hydrogen) atoms. The highest BCUT2D eigenvalue weighted by atomic mass is 32.1. The first kappa shape index (κ1) is 10.0. The van der Waals surface area contributed by atoms with Crippen LogP contribution < -0.4 is 0 Å². The second kappa shape index (κ2) is 3.71. The van der Waals surface area contributed by atoms with Gasteiger partial charge in [0.05, 0.1) is 0 Å². The zero-order chi connectivity index (χ0) is 11.8. The summed E-state index contributed by atoms with van der Waals surface area (Å²) >= 11 is 1.27. The molecule has 0 saturated carbocycles. The van der Waals surface area contributed by atoms with E-state index in [1.54, 1.807) is 12.3 Å². The summed E-state index contributed by atoms with van der Waals surface area (Å²) in [5, 5.41) is 9.91. The van der Waals surface area contributed by atoms with Crippen molar-refractivity contribution in [3.8, 4) is 10.4 Å². The number of aromatic carboxylic acids is 1. The molecule has 0 spiro atoms. The number of fused-ring (bicyclic) bond motifs is 1. The fourth-order valence-electron chi connectivity index (χ4n) is 1.76. The highest BCUT2D eigenvalue weighted by molar-refractivity contribution is 7.17. The predicted molar refractivity (Wildman–Crippen MR) is 66.4 cm³/mol. The quantitative estimate of drug-likeness (QED) is 0.728. The second-order valence-electron chi connectivity index (χ2n) is 3.57. The third kappa shape index (κ3) is 1.60. The summed E-state index contributed by atoms with van der Waals surface area (Å²) < 4.78 is 0. The Hall–Kier alpha value is -2.14. The number of H-pyrrole nitrogens is 1. The van der Waals surface area contributed by atoms with Crippen LogP contribution in [-0.2, 0) is 0 Å². The molecule has 3 aromatic rings. The lowest BCUT2D eigenvalue weighted by Crippen LogP contribution is -1.89. The van der Waals surface area contributed by atoms with Crippen LogP contribution in [0.5, 0.6) is 0 Å². The van der Waals surface area contributed by atoms with E-state index in [9.17, 15) is 4.79 Å². The smallest absolute Gasteiger partial charge is 0.345 e. The molecule has 0 fully saturated rings. The van der Waals surface area contributed by atoms with E-state index in [0.29, 0.717) is 4.88 Å². The standard InChI is InChI=1S/C12H8N2O2S/c15-12(16)10-4-3-9(17-10)8-6-14-11-7(8)2-1-5-13-11/h1-6H,(H,13,14)(H,15,16). The number of carboxylic acid groups (broad SMARTS) is 1. The summed E-state index contributed by atoms with van der Waals surface area (Å²) in [5.74, 6) is -0.890. The number of hydrogen-bond donors (Lipinski definition) is 2. The number of thiophene rings is 1. The maximum Gasteiger partial charge on any atom is 0.345 e. The number of aromatic nitrogens is 2. The Bertz CT molecular complexity index is 699. The van der Waals surface area contributed by atoms with E-state index in [1.807, 2.05) is 24.4 Å². The van der Waals surface area contributed by atoms with Gasteiger partial charge in [-0.2, -0.15) is 0 Å². The molecule has 0 bridgehead atoms. The number of carboxylic acids is 1. The number of pyridine rings is 1. The van der Waals surface area contributed by atoms with Gasteiger partial charge in [-0.15, -0.1) is 11.3 Å². The van der Waals surface area contributed by atoms with Crippen molar-refractivity contribution in [2.45, 2.75) is 0 Å². The lowest BCUT2D eigenvalue weighted by atomic mass is 10.2. The number of nitrogens with one attached hydrogen (secondary N) is 1. The van der Waals surface area contributed by atoms with Crippen molar-refractivity contribution in [1.82, 2.24) is 9.97 Å². The number of carbonyl (C=O) groups is 1. The van der Waals surface area contributed by atoms with Gasteiger partial charge in [-0.3, -0.25) is 0 Å². The van der Waals surface area contributed by atoms with Crippen LogP contribution in [0.15, 0.2) is 36.7 Å². The number of rotatable bonds is 2. The van der Waals surface area contributed by atoms with Gasteiger partial charge < -0.3 is 10.1 Å². The molecule has 4 nitrogen and oxygen atoms in total. The van der Waals surface area contributed by atoms with Gasteiger partial charge in [-0.05, 0) is 24.3 Å². The van der Waals surface area contributed by atoms with Gasteiger partial charge in [0.25, 0.3) is 0 Å². The topological polar surface area (TPSA) is 66.0 Å². The van der Waals surface area contributed by atoms with Crippen molar-refractivity contribution in [1.29, 1.82) is 0 Å². The van der Waals surface area contributed by atoms with Crippen LogP contribution in [0.3, 0.4) is 0 Å². The molecule has 0 amide bonds. The van der Waals surface area contributed by atoms with Crippen molar-refractivity contribution in [2.24, 2.45) is 0 Å². The molecule has 0 aromatic carbocycles. The first-order valence-corrected chi connectivity index (χ1v) is 5.83. The van der Waals surface area contributed by atoms with Crippen LogP contribution in [0.1, 0.15) is 9.67 Å². The highest BCUT2D eigenvalue weighted by Gasteiger charge is 2.11. The van der Waals surface area contributed by atoms with Crippen LogP contribution in [0.25, 0.3) is 21.5 Å². The molecule has 0 aliphatic heterocycles. The van der Waals surface area contributed by atoms with Gasteiger partial charge in [-0.25, -0.2) is 9.78 Å². The Morgan fingerprint density at radius 1 is 1.35 bits per heavy atom. The fraction of sp³-hybridized carbons (Fsp3) is 0. The molecule has 0 radical (unpaired) electrons. The molecule has 3 aromatic heterocycles. The van der Waals surface area contributed by atoms with Crippen LogP contribution in [0, 0.1) is 0 Å². The van der Waals surface area contributed by atoms with E-state index in [2.05, 4.69) is 9.97 Å². The van der Waals surface area contributed by atoms with Crippen molar-refractivity contribution >= 4 is 28.3 Å². The molecule has 0 unspecified atom stereocenters. The molecular formula is C12H8N2O2S. The zero-order valence-electron chi connectivity index (χ0n) is 8.68. The first-order valence-electron chi connectivity index (χ1n) is 5.01. The molecule has 84 valence electrons. The molecule has 0 atom stereocenters. The van der Waals surface area contributed by atoms with Gasteiger partial charge in [0.2, 0.25) is 0 Å². The minimum Gasteiger partial charge on any atom is -0.477 e. The highest BCUT2D eigenvalue weighted by Crippen LogP contribution is 2.32. The Kier molecular flexibility index (Phi) is 2.19. The van der Waals surface area contributed by atoms with E-state index in [-0.39, 0.29) is 0 Å². The maximum atomic E-state index is 10.8. The number of nitrogens with zero attached hydrogens (tertiary/aromatic N) is 1. The molecule has 5 heteroatoms. The van der Waals surface area contributed by atoms with Crippen molar-refractivity contribution in [3.05, 3.63) is 41.5 Å².